The summed E-state index contributed by atoms with van der Waals surface area (Å²) in [5.74, 6) is 0.427. The van der Waals surface area contributed by atoms with Gasteiger partial charge in [-0.25, -0.2) is 0 Å². The van der Waals surface area contributed by atoms with Gasteiger partial charge in [0.25, 0.3) is 0 Å². The van der Waals surface area contributed by atoms with Crippen LogP contribution >= 0.6 is 0 Å². The van der Waals surface area contributed by atoms with Crippen LogP contribution in [0.4, 0.5) is 0 Å². The molecule has 0 aromatic carbocycles. The van der Waals surface area contributed by atoms with Crippen molar-refractivity contribution in [1.29, 1.82) is 0 Å². The van der Waals surface area contributed by atoms with Crippen LogP contribution < -0.4 is 5.32 Å². The molecule has 1 aromatic heterocycles. The van der Waals surface area contributed by atoms with Crippen LogP contribution in [-0.2, 0) is 17.8 Å². The standard InChI is InChI=1S/C20H34N4O/c1-4-24-16(3)19(15(2)22-24)11-12-21-20(25)17-8-7-13-23(14-17)18-9-5-6-10-18/h17-18H,4-14H2,1-3H3,(H,21,25)/t17-/m0/s1. The highest BCUT2D eigenvalue weighted by molar-refractivity contribution is 5.79. The number of likely N-dealkylation sites (tertiary alicyclic amines) is 1. The van der Waals surface area contributed by atoms with Crippen molar-refractivity contribution in [3.63, 3.8) is 0 Å². The summed E-state index contributed by atoms with van der Waals surface area (Å²) in [6, 6.07) is 0.737. The third-order valence-corrected chi connectivity index (χ3v) is 6.17. The Morgan fingerprint density at radius 1 is 1.20 bits per heavy atom. The summed E-state index contributed by atoms with van der Waals surface area (Å²) in [7, 11) is 0. The van der Waals surface area contributed by atoms with Crippen molar-refractivity contribution < 1.29 is 4.79 Å². The highest BCUT2D eigenvalue weighted by atomic mass is 16.1. The van der Waals surface area contributed by atoms with Crippen molar-refractivity contribution in [2.45, 2.75) is 78.3 Å². The number of carbonyl (C=O) groups excluding carboxylic acids is 1. The molecule has 3 rings (SSSR count). The monoisotopic (exact) mass is 346 g/mol. The Morgan fingerprint density at radius 2 is 1.96 bits per heavy atom. The Labute approximate surface area is 152 Å². The van der Waals surface area contributed by atoms with Crippen molar-refractivity contribution in [2.24, 2.45) is 5.92 Å². The summed E-state index contributed by atoms with van der Waals surface area (Å²) in [6.07, 6.45) is 8.46. The summed E-state index contributed by atoms with van der Waals surface area (Å²) >= 11 is 0. The molecule has 25 heavy (non-hydrogen) atoms. The van der Waals surface area contributed by atoms with Crippen LogP contribution in [0.3, 0.4) is 0 Å². The molecule has 5 nitrogen and oxygen atoms in total. The minimum atomic E-state index is 0.176. The molecular weight excluding hydrogens is 312 g/mol. The van der Waals surface area contributed by atoms with Crippen LogP contribution in [0, 0.1) is 19.8 Å². The van der Waals surface area contributed by atoms with Gasteiger partial charge in [-0.3, -0.25) is 14.4 Å². The molecule has 1 atom stereocenters. The van der Waals surface area contributed by atoms with E-state index in [1.165, 1.54) is 43.5 Å². The Kier molecular flexibility index (Phi) is 6.15. The van der Waals surface area contributed by atoms with E-state index in [-0.39, 0.29) is 11.8 Å². The molecular formula is C20H34N4O. The summed E-state index contributed by atoms with van der Waals surface area (Å²) in [5.41, 5.74) is 3.62. The first-order valence-electron chi connectivity index (χ1n) is 10.1. The number of nitrogens with one attached hydrogen (secondary N) is 1. The van der Waals surface area contributed by atoms with Crippen LogP contribution in [0.15, 0.2) is 0 Å². The number of carbonyl (C=O) groups is 1. The molecule has 0 unspecified atom stereocenters. The Bertz CT molecular complexity index is 589. The molecule has 1 amide bonds. The zero-order valence-electron chi connectivity index (χ0n) is 16.2. The van der Waals surface area contributed by atoms with E-state index in [0.29, 0.717) is 0 Å². The third kappa shape index (κ3) is 4.25. The molecule has 5 heteroatoms. The maximum absolute atomic E-state index is 12.6. The van der Waals surface area contributed by atoms with Gasteiger partial charge in [0.05, 0.1) is 11.6 Å². The SMILES string of the molecule is CCn1nc(C)c(CCNC(=O)[C@H]2CCCN(C3CCCC3)C2)c1C. The van der Waals surface area contributed by atoms with Gasteiger partial charge in [-0.15, -0.1) is 0 Å². The first-order chi connectivity index (χ1) is 12.1. The number of rotatable bonds is 6. The molecule has 1 saturated carbocycles. The highest BCUT2D eigenvalue weighted by Crippen LogP contribution is 2.28. The van der Waals surface area contributed by atoms with Crippen LogP contribution in [0.2, 0.25) is 0 Å². The summed E-state index contributed by atoms with van der Waals surface area (Å²) in [4.78, 5) is 15.2. The lowest BCUT2D eigenvalue weighted by Crippen LogP contribution is -2.46. The first kappa shape index (κ1) is 18.4. The summed E-state index contributed by atoms with van der Waals surface area (Å²) < 4.78 is 2.05. The second kappa shape index (κ2) is 8.35. The third-order valence-electron chi connectivity index (χ3n) is 6.17. The van der Waals surface area contributed by atoms with Crippen molar-refractivity contribution in [2.75, 3.05) is 19.6 Å². The van der Waals surface area contributed by atoms with E-state index in [9.17, 15) is 4.79 Å². The molecule has 1 aromatic rings. The smallest absolute Gasteiger partial charge is 0.224 e. The van der Waals surface area contributed by atoms with Gasteiger partial charge in [0.1, 0.15) is 0 Å². The minimum Gasteiger partial charge on any atom is -0.355 e. The second-order valence-electron chi connectivity index (χ2n) is 7.78. The Balaban J connectivity index is 1.48. The zero-order valence-corrected chi connectivity index (χ0v) is 16.2. The zero-order chi connectivity index (χ0) is 17.8. The molecule has 1 aliphatic carbocycles. The van der Waals surface area contributed by atoms with Crippen LogP contribution in [0.5, 0.6) is 0 Å². The average molecular weight is 347 g/mol. The van der Waals surface area contributed by atoms with Crippen molar-refractivity contribution >= 4 is 5.91 Å². The number of nitrogens with zero attached hydrogens (tertiary/aromatic N) is 3. The van der Waals surface area contributed by atoms with Crippen molar-refractivity contribution in [3.05, 3.63) is 17.0 Å². The molecule has 1 aliphatic heterocycles. The van der Waals surface area contributed by atoms with E-state index < -0.39 is 0 Å². The lowest BCUT2D eigenvalue weighted by Gasteiger charge is -2.36. The molecule has 2 fully saturated rings. The maximum atomic E-state index is 12.6. The first-order valence-corrected chi connectivity index (χ1v) is 10.1. The molecule has 0 bridgehead atoms. The average Bonchev–Trinajstić information content (AvgIpc) is 3.25. The topological polar surface area (TPSA) is 50.2 Å². The number of hydrogen-bond acceptors (Lipinski definition) is 3. The fourth-order valence-electron chi connectivity index (χ4n) is 4.68. The summed E-state index contributed by atoms with van der Waals surface area (Å²) in [6.45, 7) is 10.1. The lowest BCUT2D eigenvalue weighted by atomic mass is 9.95. The van der Waals surface area contributed by atoms with Gasteiger partial charge < -0.3 is 5.32 Å². The van der Waals surface area contributed by atoms with Crippen molar-refractivity contribution in [3.8, 4) is 0 Å². The normalized spacial score (nSPS) is 22.4. The van der Waals surface area contributed by atoms with E-state index in [2.05, 4.69) is 36.1 Å². The maximum Gasteiger partial charge on any atom is 0.224 e. The van der Waals surface area contributed by atoms with Gasteiger partial charge in [-0.1, -0.05) is 12.8 Å². The molecule has 2 heterocycles. The van der Waals surface area contributed by atoms with Gasteiger partial charge in [0.15, 0.2) is 0 Å². The Morgan fingerprint density at radius 3 is 2.64 bits per heavy atom. The molecule has 1 saturated heterocycles. The van der Waals surface area contributed by atoms with E-state index >= 15 is 0 Å². The molecule has 0 spiro atoms. The summed E-state index contributed by atoms with van der Waals surface area (Å²) in [5, 5.41) is 7.76. The highest BCUT2D eigenvalue weighted by Gasteiger charge is 2.30. The fraction of sp³-hybridized carbons (Fsp3) is 0.800. The van der Waals surface area contributed by atoms with E-state index in [1.807, 2.05) is 4.68 Å². The van der Waals surface area contributed by atoms with E-state index in [4.69, 9.17) is 0 Å². The van der Waals surface area contributed by atoms with Gasteiger partial charge in [-0.05, 0) is 65.0 Å². The van der Waals surface area contributed by atoms with Crippen molar-refractivity contribution in [1.82, 2.24) is 20.0 Å². The number of aryl methyl sites for hydroxylation is 2. The number of aromatic nitrogens is 2. The second-order valence-corrected chi connectivity index (χ2v) is 7.78. The van der Waals surface area contributed by atoms with Crippen LogP contribution in [0.25, 0.3) is 0 Å². The van der Waals surface area contributed by atoms with Gasteiger partial charge in [0.2, 0.25) is 5.91 Å². The van der Waals surface area contributed by atoms with Gasteiger partial charge >= 0.3 is 0 Å². The van der Waals surface area contributed by atoms with Crippen LogP contribution in [-0.4, -0.2) is 46.3 Å². The number of amides is 1. The predicted octanol–water partition coefficient (Wildman–Crippen LogP) is 2.83. The fourth-order valence-corrected chi connectivity index (χ4v) is 4.68. The lowest BCUT2D eigenvalue weighted by molar-refractivity contribution is -0.127. The largest absolute Gasteiger partial charge is 0.355 e. The molecule has 1 N–H and O–H groups in total. The Hall–Kier alpha value is -1.36. The molecule has 2 aliphatic rings. The van der Waals surface area contributed by atoms with Gasteiger partial charge in [-0.2, -0.15) is 5.10 Å². The van der Waals surface area contributed by atoms with E-state index in [1.54, 1.807) is 0 Å². The van der Waals surface area contributed by atoms with Gasteiger partial charge in [0, 0.05) is 31.4 Å². The number of piperidine rings is 1. The predicted molar refractivity (Wildman–Crippen MR) is 101 cm³/mol. The van der Waals surface area contributed by atoms with Crippen LogP contribution in [0.1, 0.15) is 62.4 Å². The molecule has 140 valence electrons. The quantitative estimate of drug-likeness (QED) is 0.862. The number of hydrogen-bond donors (Lipinski definition) is 1. The minimum absolute atomic E-state index is 0.176. The van der Waals surface area contributed by atoms with E-state index in [0.717, 1.165) is 50.6 Å². The molecule has 0 radical (unpaired) electrons.